The summed E-state index contributed by atoms with van der Waals surface area (Å²) in [4.78, 5) is 16.2. The van der Waals surface area contributed by atoms with Gasteiger partial charge in [0.1, 0.15) is 5.70 Å². The van der Waals surface area contributed by atoms with E-state index in [1.165, 1.54) is 4.90 Å². The number of ether oxygens (including phenoxy) is 2. The maximum absolute atomic E-state index is 13.0. The number of carbonyl (C=O) groups excluding carboxylic acids is 1. The molecule has 0 N–H and O–H groups in total. The molecule has 2 aromatic rings. The van der Waals surface area contributed by atoms with Crippen molar-refractivity contribution in [1.29, 1.82) is 0 Å². The Bertz CT molecular complexity index is 915. The molecule has 0 aliphatic carbocycles. The van der Waals surface area contributed by atoms with Gasteiger partial charge in [0.05, 0.1) is 23.9 Å². The number of nitrogens with zero attached hydrogens (tertiary/aromatic N) is 2. The maximum atomic E-state index is 13.0. The second kappa shape index (κ2) is 8.10. The molecule has 1 saturated heterocycles. The molecule has 0 atom stereocenters. The smallest absolute Gasteiger partial charge is 0.281 e. The molecule has 0 aromatic heterocycles. The van der Waals surface area contributed by atoms with E-state index in [2.05, 4.69) is 15.9 Å². The Morgan fingerprint density at radius 3 is 2.56 bits per heavy atom. The summed E-state index contributed by atoms with van der Waals surface area (Å²) in [6.45, 7) is 2.43. The Hall–Kier alpha value is -2.38. The van der Waals surface area contributed by atoms with Crippen molar-refractivity contribution >= 4 is 50.9 Å². The number of para-hydroxylation sites is 1. The van der Waals surface area contributed by atoms with E-state index in [0.29, 0.717) is 28.9 Å². The molecule has 27 heavy (non-hydrogen) atoms. The first-order valence-corrected chi connectivity index (χ1v) is 9.57. The van der Waals surface area contributed by atoms with Gasteiger partial charge < -0.3 is 14.4 Å². The van der Waals surface area contributed by atoms with E-state index in [1.807, 2.05) is 49.4 Å². The van der Waals surface area contributed by atoms with Crippen molar-refractivity contribution in [2.45, 2.75) is 6.92 Å². The summed E-state index contributed by atoms with van der Waals surface area (Å²) in [5.74, 6) is 1.06. The molecule has 3 rings (SSSR count). The van der Waals surface area contributed by atoms with Gasteiger partial charge in [0.25, 0.3) is 5.91 Å². The van der Waals surface area contributed by atoms with Crippen LogP contribution in [0.25, 0.3) is 6.08 Å². The minimum absolute atomic E-state index is 0.169. The number of hydrogen-bond acceptors (Lipinski definition) is 4. The zero-order chi connectivity index (χ0) is 19.6. The Morgan fingerprint density at radius 1 is 1.22 bits per heavy atom. The van der Waals surface area contributed by atoms with Crippen LogP contribution in [0.3, 0.4) is 0 Å². The molecule has 1 heterocycles. The van der Waals surface area contributed by atoms with Crippen LogP contribution in [0.2, 0.25) is 0 Å². The van der Waals surface area contributed by atoms with Gasteiger partial charge in [0.15, 0.2) is 16.6 Å². The lowest BCUT2D eigenvalue weighted by atomic mass is 10.1. The molecular formula is C20H19BrN2O3S. The molecule has 1 aliphatic rings. The lowest BCUT2D eigenvalue weighted by molar-refractivity contribution is -0.114. The van der Waals surface area contributed by atoms with Crippen LogP contribution >= 0.6 is 28.1 Å². The van der Waals surface area contributed by atoms with Crippen molar-refractivity contribution in [2.24, 2.45) is 0 Å². The summed E-state index contributed by atoms with van der Waals surface area (Å²) in [7, 11) is 3.37. The van der Waals surface area contributed by atoms with Gasteiger partial charge in [-0.05, 0) is 71.0 Å². The van der Waals surface area contributed by atoms with Crippen LogP contribution in [-0.4, -0.2) is 36.7 Å². The van der Waals surface area contributed by atoms with Crippen molar-refractivity contribution in [3.8, 4) is 11.5 Å². The zero-order valence-electron chi connectivity index (χ0n) is 15.2. The van der Waals surface area contributed by atoms with Crippen LogP contribution in [0.1, 0.15) is 12.5 Å². The number of anilines is 1. The van der Waals surface area contributed by atoms with Gasteiger partial charge in [-0.25, -0.2) is 0 Å². The normalized spacial score (nSPS) is 15.6. The monoisotopic (exact) mass is 446 g/mol. The van der Waals surface area contributed by atoms with E-state index in [0.717, 1.165) is 15.7 Å². The number of thiocarbonyl (C=S) groups is 1. The Balaban J connectivity index is 2.01. The molecule has 5 nitrogen and oxygen atoms in total. The lowest BCUT2D eigenvalue weighted by Crippen LogP contribution is -2.30. The molecule has 140 valence electrons. The SMILES string of the molecule is CCOc1c(Br)cc(/C=C2/C(=O)N(c3ccccc3)C(=S)N2C)cc1OC. The minimum Gasteiger partial charge on any atom is -0.493 e. The van der Waals surface area contributed by atoms with Gasteiger partial charge in [0, 0.05) is 7.05 Å². The summed E-state index contributed by atoms with van der Waals surface area (Å²) in [5, 5.41) is 0.439. The average Bonchev–Trinajstić information content (AvgIpc) is 2.87. The third kappa shape index (κ3) is 3.70. The predicted octanol–water partition coefficient (Wildman–Crippen LogP) is 4.46. The summed E-state index contributed by atoms with van der Waals surface area (Å²) < 4.78 is 11.8. The molecule has 0 spiro atoms. The number of hydrogen-bond donors (Lipinski definition) is 0. The highest BCUT2D eigenvalue weighted by atomic mass is 79.9. The molecular weight excluding hydrogens is 428 g/mol. The highest BCUT2D eigenvalue weighted by molar-refractivity contribution is 9.10. The van der Waals surface area contributed by atoms with Gasteiger partial charge in [-0.15, -0.1) is 0 Å². The van der Waals surface area contributed by atoms with E-state index in [4.69, 9.17) is 21.7 Å². The molecule has 1 aliphatic heterocycles. The first kappa shape index (κ1) is 19.4. The minimum atomic E-state index is -0.169. The van der Waals surface area contributed by atoms with E-state index < -0.39 is 0 Å². The number of rotatable bonds is 5. The third-order valence-corrected chi connectivity index (χ3v) is 5.17. The topological polar surface area (TPSA) is 42.0 Å². The summed E-state index contributed by atoms with van der Waals surface area (Å²) in [6.07, 6.45) is 1.79. The first-order chi connectivity index (χ1) is 13.0. The maximum Gasteiger partial charge on any atom is 0.281 e. The van der Waals surface area contributed by atoms with Gasteiger partial charge in [-0.2, -0.15) is 0 Å². The molecule has 7 heteroatoms. The summed E-state index contributed by atoms with van der Waals surface area (Å²) in [6, 6.07) is 13.1. The van der Waals surface area contributed by atoms with Crippen molar-refractivity contribution in [2.75, 3.05) is 25.7 Å². The number of benzene rings is 2. The molecule has 0 unspecified atom stereocenters. The third-order valence-electron chi connectivity index (χ3n) is 4.12. The highest BCUT2D eigenvalue weighted by Gasteiger charge is 2.36. The van der Waals surface area contributed by atoms with Gasteiger partial charge in [-0.3, -0.25) is 9.69 Å². The Kier molecular flexibility index (Phi) is 5.82. The number of likely N-dealkylation sites (N-methyl/N-ethyl adjacent to an activating group) is 1. The van der Waals surface area contributed by atoms with Crippen LogP contribution in [0.15, 0.2) is 52.6 Å². The van der Waals surface area contributed by atoms with Gasteiger partial charge in [-0.1, -0.05) is 18.2 Å². The fourth-order valence-corrected chi connectivity index (χ4v) is 3.69. The largest absolute Gasteiger partial charge is 0.493 e. The quantitative estimate of drug-likeness (QED) is 0.500. The van der Waals surface area contributed by atoms with E-state index in [1.54, 1.807) is 25.1 Å². The van der Waals surface area contributed by atoms with Crippen molar-refractivity contribution in [3.63, 3.8) is 0 Å². The summed E-state index contributed by atoms with van der Waals surface area (Å²) in [5.41, 5.74) is 2.03. The number of methoxy groups -OCH3 is 1. The van der Waals surface area contributed by atoms with Gasteiger partial charge in [0.2, 0.25) is 0 Å². The number of amides is 1. The second-order valence-corrected chi connectivity index (χ2v) is 7.03. The lowest BCUT2D eigenvalue weighted by Gasteiger charge is -2.16. The van der Waals surface area contributed by atoms with Gasteiger partial charge >= 0.3 is 0 Å². The van der Waals surface area contributed by atoms with Crippen molar-refractivity contribution in [3.05, 3.63) is 58.2 Å². The predicted molar refractivity (Wildman–Crippen MR) is 114 cm³/mol. The highest BCUT2D eigenvalue weighted by Crippen LogP contribution is 2.38. The van der Waals surface area contributed by atoms with Crippen molar-refractivity contribution < 1.29 is 14.3 Å². The first-order valence-electron chi connectivity index (χ1n) is 8.37. The summed E-state index contributed by atoms with van der Waals surface area (Å²) >= 11 is 8.99. The molecule has 2 aromatic carbocycles. The van der Waals surface area contributed by atoms with Crippen LogP contribution < -0.4 is 14.4 Å². The number of halogens is 1. The molecule has 0 radical (unpaired) electrons. The van der Waals surface area contributed by atoms with Crippen LogP contribution in [0.5, 0.6) is 11.5 Å². The Morgan fingerprint density at radius 2 is 1.93 bits per heavy atom. The van der Waals surface area contributed by atoms with Crippen LogP contribution in [0, 0.1) is 0 Å². The molecule has 1 fully saturated rings. The zero-order valence-corrected chi connectivity index (χ0v) is 17.6. The second-order valence-electron chi connectivity index (χ2n) is 5.81. The number of carbonyl (C=O) groups is 1. The van der Waals surface area contributed by atoms with E-state index in [-0.39, 0.29) is 5.91 Å². The van der Waals surface area contributed by atoms with Crippen LogP contribution in [-0.2, 0) is 4.79 Å². The fourth-order valence-electron chi connectivity index (χ4n) is 2.83. The van der Waals surface area contributed by atoms with E-state index >= 15 is 0 Å². The average molecular weight is 447 g/mol. The fraction of sp³-hybridized carbons (Fsp3) is 0.200. The van der Waals surface area contributed by atoms with E-state index in [9.17, 15) is 4.79 Å². The molecule has 1 amide bonds. The standard InChI is InChI=1S/C20H19BrN2O3S/c1-4-26-18-15(21)10-13(12-17(18)25-3)11-16-19(24)23(20(27)22(16)2)14-8-6-5-7-9-14/h5-12H,4H2,1-3H3/b16-11-. The molecule has 0 bridgehead atoms. The Labute approximate surface area is 172 Å². The van der Waals surface area contributed by atoms with Crippen LogP contribution in [0.4, 0.5) is 5.69 Å². The molecule has 0 saturated carbocycles. The van der Waals surface area contributed by atoms with Crippen molar-refractivity contribution in [1.82, 2.24) is 4.90 Å².